The molecule has 0 aliphatic rings. The van der Waals surface area contributed by atoms with E-state index < -0.39 is 11.7 Å². The van der Waals surface area contributed by atoms with Gasteiger partial charge in [-0.2, -0.15) is 0 Å². The summed E-state index contributed by atoms with van der Waals surface area (Å²) in [4.78, 5) is 24.4. The van der Waals surface area contributed by atoms with Gasteiger partial charge in [-0.05, 0) is 38.5 Å². The lowest BCUT2D eigenvalue weighted by Gasteiger charge is -2.11. The van der Waals surface area contributed by atoms with Crippen molar-refractivity contribution >= 4 is 16.8 Å². The predicted molar refractivity (Wildman–Crippen MR) is 104 cm³/mol. The van der Waals surface area contributed by atoms with Gasteiger partial charge in [0.25, 0.3) is 0 Å². The fourth-order valence-electron chi connectivity index (χ4n) is 2.97. The molecule has 1 aromatic heterocycles. The number of carbonyl (C=O) groups is 1. The molecule has 1 heterocycles. The summed E-state index contributed by atoms with van der Waals surface area (Å²) in [6.07, 6.45) is -0.382. The van der Waals surface area contributed by atoms with Crippen LogP contribution in [-0.4, -0.2) is 23.6 Å². The first-order valence-corrected chi connectivity index (χ1v) is 8.82. The number of ketones is 1. The highest BCUT2D eigenvalue weighted by atomic mass is 16.5. The summed E-state index contributed by atoms with van der Waals surface area (Å²) in [6.45, 7) is 5.32. The number of hydrogen-bond donors (Lipinski definition) is 1. The number of aliphatic hydroxyl groups excluding tert-OH is 1. The van der Waals surface area contributed by atoms with Crippen molar-refractivity contribution in [3.05, 3.63) is 75.1 Å². The standard InChI is InChI=1S/C22H22O5/c1-13-4-6-16(7-5-13)20(24)12-26-17-8-9-18-15(3)19(10-14(2)23)22(25)27-21(18)11-17/h4-9,11,14,23H,10,12H2,1-3H3/t14-/m0/s1. The van der Waals surface area contributed by atoms with Crippen LogP contribution in [0.5, 0.6) is 5.75 Å². The van der Waals surface area contributed by atoms with Gasteiger partial charge >= 0.3 is 5.63 Å². The molecular formula is C22H22O5. The number of benzene rings is 2. The number of ether oxygens (including phenoxy) is 1. The molecule has 0 saturated heterocycles. The third-order valence-corrected chi connectivity index (χ3v) is 4.50. The highest BCUT2D eigenvalue weighted by molar-refractivity contribution is 5.97. The number of Topliss-reactive ketones (excluding diaryl/α,β-unsaturated/α-hetero) is 1. The monoisotopic (exact) mass is 366 g/mol. The minimum Gasteiger partial charge on any atom is -0.485 e. The van der Waals surface area contributed by atoms with Gasteiger partial charge < -0.3 is 14.3 Å². The quantitative estimate of drug-likeness (QED) is 0.533. The molecule has 0 radical (unpaired) electrons. The summed E-state index contributed by atoms with van der Waals surface area (Å²) in [5, 5.41) is 10.3. The Bertz CT molecular complexity index is 1030. The van der Waals surface area contributed by atoms with E-state index in [2.05, 4.69) is 0 Å². The van der Waals surface area contributed by atoms with Crippen molar-refractivity contribution in [2.75, 3.05) is 6.61 Å². The van der Waals surface area contributed by atoms with E-state index in [0.29, 0.717) is 22.5 Å². The number of rotatable bonds is 6. The molecule has 0 fully saturated rings. The van der Waals surface area contributed by atoms with Gasteiger partial charge in [-0.15, -0.1) is 0 Å². The number of fused-ring (bicyclic) bond motifs is 1. The van der Waals surface area contributed by atoms with Crippen molar-refractivity contribution in [2.45, 2.75) is 33.3 Å². The second-order valence-electron chi connectivity index (χ2n) is 6.78. The summed E-state index contributed by atoms with van der Waals surface area (Å²) in [5.41, 5.74) is 2.86. The zero-order valence-corrected chi connectivity index (χ0v) is 15.6. The third-order valence-electron chi connectivity index (χ3n) is 4.50. The van der Waals surface area contributed by atoms with E-state index in [1.807, 2.05) is 26.0 Å². The van der Waals surface area contributed by atoms with Crippen LogP contribution in [0, 0.1) is 13.8 Å². The number of carbonyl (C=O) groups excluding carboxylic acids is 1. The first-order chi connectivity index (χ1) is 12.8. The minimum atomic E-state index is -0.626. The fraction of sp³-hybridized carbons (Fsp3) is 0.273. The van der Waals surface area contributed by atoms with E-state index in [0.717, 1.165) is 16.5 Å². The predicted octanol–water partition coefficient (Wildman–Crippen LogP) is 3.59. The molecule has 0 aliphatic heterocycles. The Labute approximate surface area is 157 Å². The van der Waals surface area contributed by atoms with Crippen molar-refractivity contribution in [3.8, 4) is 5.75 Å². The average molecular weight is 366 g/mol. The van der Waals surface area contributed by atoms with E-state index in [9.17, 15) is 14.7 Å². The second kappa shape index (κ2) is 7.76. The van der Waals surface area contributed by atoms with Gasteiger partial charge in [0, 0.05) is 29.0 Å². The molecule has 5 nitrogen and oxygen atoms in total. The zero-order chi connectivity index (χ0) is 19.6. The molecule has 0 amide bonds. The molecule has 3 rings (SSSR count). The molecule has 27 heavy (non-hydrogen) atoms. The van der Waals surface area contributed by atoms with Crippen LogP contribution in [0.3, 0.4) is 0 Å². The molecule has 3 aromatic rings. The van der Waals surface area contributed by atoms with Crippen LogP contribution in [0.15, 0.2) is 51.7 Å². The summed E-state index contributed by atoms with van der Waals surface area (Å²) in [6, 6.07) is 12.4. The van der Waals surface area contributed by atoms with Crippen LogP contribution in [0.2, 0.25) is 0 Å². The van der Waals surface area contributed by atoms with Crippen LogP contribution >= 0.6 is 0 Å². The Morgan fingerprint density at radius 3 is 2.52 bits per heavy atom. The van der Waals surface area contributed by atoms with Gasteiger partial charge in [0.2, 0.25) is 0 Å². The van der Waals surface area contributed by atoms with Gasteiger partial charge in [-0.3, -0.25) is 4.79 Å². The first-order valence-electron chi connectivity index (χ1n) is 8.82. The van der Waals surface area contributed by atoms with Gasteiger partial charge in [-0.25, -0.2) is 4.79 Å². The molecular weight excluding hydrogens is 344 g/mol. The summed E-state index contributed by atoms with van der Waals surface area (Å²) < 4.78 is 11.0. The van der Waals surface area contributed by atoms with Crippen molar-refractivity contribution in [3.63, 3.8) is 0 Å². The van der Waals surface area contributed by atoms with E-state index in [1.165, 1.54) is 0 Å². The number of aliphatic hydroxyl groups is 1. The largest absolute Gasteiger partial charge is 0.485 e. The Kier molecular flexibility index (Phi) is 5.42. The highest BCUT2D eigenvalue weighted by Gasteiger charge is 2.14. The number of aryl methyl sites for hydroxylation is 2. The summed E-state index contributed by atoms with van der Waals surface area (Å²) in [5.74, 6) is 0.328. The highest BCUT2D eigenvalue weighted by Crippen LogP contribution is 2.25. The molecule has 1 atom stereocenters. The summed E-state index contributed by atoms with van der Waals surface area (Å²) in [7, 11) is 0. The van der Waals surface area contributed by atoms with Crippen LogP contribution in [0.25, 0.3) is 11.0 Å². The third kappa shape index (κ3) is 4.26. The lowest BCUT2D eigenvalue weighted by atomic mass is 10.0. The molecule has 0 bridgehead atoms. The van der Waals surface area contributed by atoms with E-state index >= 15 is 0 Å². The molecule has 5 heteroatoms. The lowest BCUT2D eigenvalue weighted by molar-refractivity contribution is 0.0921. The minimum absolute atomic E-state index is 0.0993. The second-order valence-corrected chi connectivity index (χ2v) is 6.78. The van der Waals surface area contributed by atoms with E-state index in [1.54, 1.807) is 37.3 Å². The maximum absolute atomic E-state index is 12.2. The van der Waals surface area contributed by atoms with Crippen molar-refractivity contribution in [2.24, 2.45) is 0 Å². The Morgan fingerprint density at radius 2 is 1.85 bits per heavy atom. The van der Waals surface area contributed by atoms with Crippen LogP contribution < -0.4 is 10.4 Å². The van der Waals surface area contributed by atoms with Crippen LogP contribution in [-0.2, 0) is 6.42 Å². The van der Waals surface area contributed by atoms with Gasteiger partial charge in [0.05, 0.1) is 6.10 Å². The lowest BCUT2D eigenvalue weighted by Crippen LogP contribution is -2.16. The SMILES string of the molecule is Cc1ccc(C(=O)COc2ccc3c(C)c(C[C@H](C)O)c(=O)oc3c2)cc1. The van der Waals surface area contributed by atoms with E-state index in [-0.39, 0.29) is 18.8 Å². The van der Waals surface area contributed by atoms with Crippen molar-refractivity contribution in [1.82, 2.24) is 0 Å². The normalized spacial score (nSPS) is 12.1. The van der Waals surface area contributed by atoms with Gasteiger partial charge in [0.15, 0.2) is 12.4 Å². The Morgan fingerprint density at radius 1 is 1.15 bits per heavy atom. The van der Waals surface area contributed by atoms with Crippen LogP contribution in [0.1, 0.15) is 34.0 Å². The van der Waals surface area contributed by atoms with Gasteiger partial charge in [-0.1, -0.05) is 29.8 Å². The topological polar surface area (TPSA) is 76.7 Å². The Balaban J connectivity index is 1.81. The molecule has 0 saturated carbocycles. The van der Waals surface area contributed by atoms with Gasteiger partial charge in [0.1, 0.15) is 11.3 Å². The fourth-order valence-corrected chi connectivity index (χ4v) is 2.97. The van der Waals surface area contributed by atoms with E-state index in [4.69, 9.17) is 9.15 Å². The molecule has 140 valence electrons. The molecule has 2 aromatic carbocycles. The Hall–Kier alpha value is -2.92. The number of hydrogen-bond acceptors (Lipinski definition) is 5. The maximum Gasteiger partial charge on any atom is 0.339 e. The van der Waals surface area contributed by atoms with Crippen molar-refractivity contribution < 1.29 is 19.1 Å². The molecule has 0 aliphatic carbocycles. The molecule has 0 spiro atoms. The molecule has 1 N–H and O–H groups in total. The smallest absolute Gasteiger partial charge is 0.339 e. The summed E-state index contributed by atoms with van der Waals surface area (Å²) >= 11 is 0. The van der Waals surface area contributed by atoms with Crippen molar-refractivity contribution in [1.29, 1.82) is 0 Å². The molecule has 0 unspecified atom stereocenters. The van der Waals surface area contributed by atoms with Crippen LogP contribution in [0.4, 0.5) is 0 Å². The zero-order valence-electron chi connectivity index (χ0n) is 15.6. The maximum atomic E-state index is 12.2. The average Bonchev–Trinajstić information content (AvgIpc) is 2.63. The first kappa shape index (κ1) is 18.9.